The van der Waals surface area contributed by atoms with E-state index in [2.05, 4.69) is 23.3 Å². The number of hydrogen-bond donors (Lipinski definition) is 1. The predicted octanol–water partition coefficient (Wildman–Crippen LogP) is 3.71. The number of rotatable bonds is 5. The minimum atomic E-state index is -0.300. The predicted molar refractivity (Wildman–Crippen MR) is 105 cm³/mol. The number of nitrogens with one attached hydrogen (secondary N) is 1. The van der Waals surface area contributed by atoms with E-state index in [-0.39, 0.29) is 11.7 Å². The van der Waals surface area contributed by atoms with Crippen LogP contribution in [0.1, 0.15) is 43.1 Å². The molecule has 3 atom stereocenters. The van der Waals surface area contributed by atoms with Gasteiger partial charge in [0.1, 0.15) is 23.2 Å². The normalized spacial score (nSPS) is 22.2. The Bertz CT molecular complexity index is 888. The van der Waals surface area contributed by atoms with E-state index < -0.39 is 0 Å². The van der Waals surface area contributed by atoms with Crippen LogP contribution in [0, 0.1) is 18.8 Å². The lowest BCUT2D eigenvalue weighted by atomic mass is 9.76. The summed E-state index contributed by atoms with van der Waals surface area (Å²) in [6.45, 7) is 5.91. The molecule has 1 unspecified atom stereocenters. The Labute approximate surface area is 159 Å². The van der Waals surface area contributed by atoms with Crippen LogP contribution in [0.4, 0.5) is 0 Å². The van der Waals surface area contributed by atoms with E-state index in [0.717, 1.165) is 32.4 Å². The molecule has 1 aliphatic carbocycles. The topological polar surface area (TPSA) is 64.4 Å². The molecule has 0 radical (unpaired) electrons. The zero-order valence-corrected chi connectivity index (χ0v) is 15.9. The van der Waals surface area contributed by atoms with Crippen LogP contribution in [0.25, 0.3) is 6.08 Å². The summed E-state index contributed by atoms with van der Waals surface area (Å²) in [7, 11) is 0. The molecule has 0 aromatic carbocycles. The largest absolute Gasteiger partial charge is 0.485 e. The van der Waals surface area contributed by atoms with Crippen LogP contribution in [-0.2, 0) is 6.54 Å². The van der Waals surface area contributed by atoms with Crippen molar-refractivity contribution >= 4 is 6.08 Å². The van der Waals surface area contributed by atoms with Crippen molar-refractivity contribution in [3.63, 3.8) is 0 Å². The fraction of sp³-hybridized carbons (Fsp3) is 0.455. The number of pyridine rings is 1. The summed E-state index contributed by atoms with van der Waals surface area (Å²) in [5.74, 6) is 2.43. The first-order chi connectivity index (χ1) is 13.1. The highest BCUT2D eigenvalue weighted by Gasteiger charge is 2.33. The van der Waals surface area contributed by atoms with E-state index in [9.17, 15) is 4.79 Å². The van der Waals surface area contributed by atoms with E-state index in [1.54, 1.807) is 13.1 Å². The van der Waals surface area contributed by atoms with E-state index >= 15 is 0 Å². The second kappa shape index (κ2) is 7.69. The van der Waals surface area contributed by atoms with Crippen molar-refractivity contribution in [1.29, 1.82) is 0 Å². The van der Waals surface area contributed by atoms with Gasteiger partial charge in [0.15, 0.2) is 0 Å². The molecule has 5 heteroatoms. The van der Waals surface area contributed by atoms with Gasteiger partial charge in [-0.2, -0.15) is 0 Å². The highest BCUT2D eigenvalue weighted by Crippen LogP contribution is 2.40. The Balaban J connectivity index is 1.36. The Morgan fingerprint density at radius 3 is 3.11 bits per heavy atom. The van der Waals surface area contributed by atoms with Gasteiger partial charge in [0.25, 0.3) is 0 Å². The molecule has 1 N–H and O–H groups in total. The van der Waals surface area contributed by atoms with Gasteiger partial charge in [-0.15, -0.1) is 0 Å². The third-order valence-electron chi connectivity index (χ3n) is 5.73. The number of fused-ring (bicyclic) bond motifs is 2. The summed E-state index contributed by atoms with van der Waals surface area (Å²) < 4.78 is 11.4. The first kappa shape index (κ1) is 18.0. The number of nitrogens with zero attached hydrogens (tertiary/aromatic N) is 1. The van der Waals surface area contributed by atoms with Crippen molar-refractivity contribution in [2.45, 2.75) is 45.8 Å². The van der Waals surface area contributed by atoms with Crippen molar-refractivity contribution in [2.24, 2.45) is 11.8 Å². The Kier molecular flexibility index (Phi) is 5.12. The summed E-state index contributed by atoms with van der Waals surface area (Å²) in [5.41, 5.74) is 2.70. The van der Waals surface area contributed by atoms with E-state index in [1.807, 2.05) is 24.4 Å². The minimum absolute atomic E-state index is 0.0817. The number of aromatic nitrogens is 1. The van der Waals surface area contributed by atoms with Gasteiger partial charge >= 0.3 is 5.63 Å². The van der Waals surface area contributed by atoms with Gasteiger partial charge in [0.2, 0.25) is 0 Å². The van der Waals surface area contributed by atoms with Gasteiger partial charge in [-0.1, -0.05) is 13.0 Å². The maximum atomic E-state index is 12.1. The molecule has 3 heterocycles. The molecule has 0 bridgehead atoms. The molecule has 1 fully saturated rings. The maximum absolute atomic E-state index is 12.1. The zero-order valence-electron chi connectivity index (χ0n) is 15.9. The number of hydrogen-bond acceptors (Lipinski definition) is 5. The fourth-order valence-electron chi connectivity index (χ4n) is 4.14. The van der Waals surface area contributed by atoms with Gasteiger partial charge in [-0.25, -0.2) is 4.79 Å². The van der Waals surface area contributed by atoms with E-state index in [4.69, 9.17) is 9.15 Å². The van der Waals surface area contributed by atoms with Crippen LogP contribution in [0.2, 0.25) is 0 Å². The molecule has 142 valence electrons. The SMILES string of the molecule is Cc1cc2c(c(=O)o1)C=C1CC[C@H](C(C)CNCc3cccnc3)C[C@@H]1O2. The number of aryl methyl sites for hydroxylation is 1. The summed E-state index contributed by atoms with van der Waals surface area (Å²) in [6, 6.07) is 5.89. The van der Waals surface area contributed by atoms with Gasteiger partial charge in [-0.05, 0) is 67.8 Å². The van der Waals surface area contributed by atoms with E-state index in [0.29, 0.717) is 28.9 Å². The molecule has 1 saturated carbocycles. The van der Waals surface area contributed by atoms with Crippen molar-refractivity contribution in [2.75, 3.05) is 6.54 Å². The van der Waals surface area contributed by atoms with Crippen LogP contribution in [0.15, 0.2) is 45.4 Å². The van der Waals surface area contributed by atoms with Crippen LogP contribution in [0.5, 0.6) is 5.75 Å². The van der Waals surface area contributed by atoms with E-state index in [1.165, 1.54) is 11.1 Å². The first-order valence-corrected chi connectivity index (χ1v) is 9.71. The third-order valence-corrected chi connectivity index (χ3v) is 5.73. The van der Waals surface area contributed by atoms with Gasteiger partial charge < -0.3 is 14.5 Å². The summed E-state index contributed by atoms with van der Waals surface area (Å²) in [6.07, 6.45) is 8.89. The third kappa shape index (κ3) is 3.98. The maximum Gasteiger partial charge on any atom is 0.346 e. The standard InChI is InChI=1S/C22H26N2O3/c1-14(11-24-13-16-4-3-7-23-12-16)17-5-6-18-9-19-21(27-20(18)10-17)8-15(2)26-22(19)25/h3-4,7-9,12,14,17,20,24H,5-6,10-11,13H2,1-2H3/t14?,17-,20-/m0/s1. The average Bonchev–Trinajstić information content (AvgIpc) is 2.67. The Hall–Kier alpha value is -2.40. The second-order valence-electron chi connectivity index (χ2n) is 7.75. The highest BCUT2D eigenvalue weighted by atomic mass is 16.5. The Morgan fingerprint density at radius 1 is 1.41 bits per heavy atom. The highest BCUT2D eigenvalue weighted by molar-refractivity contribution is 5.62. The smallest absolute Gasteiger partial charge is 0.346 e. The van der Waals surface area contributed by atoms with Crippen LogP contribution >= 0.6 is 0 Å². The summed E-state index contributed by atoms with van der Waals surface area (Å²) in [4.78, 5) is 16.2. The molecule has 2 aromatic heterocycles. The molecule has 1 aliphatic heterocycles. The summed E-state index contributed by atoms with van der Waals surface area (Å²) in [5, 5.41) is 3.55. The molecular weight excluding hydrogens is 340 g/mol. The Morgan fingerprint density at radius 2 is 2.30 bits per heavy atom. The van der Waals surface area contributed by atoms with Crippen LogP contribution < -0.4 is 15.7 Å². The molecule has 27 heavy (non-hydrogen) atoms. The van der Waals surface area contributed by atoms with Crippen LogP contribution in [-0.4, -0.2) is 17.6 Å². The second-order valence-corrected chi connectivity index (χ2v) is 7.75. The van der Waals surface area contributed by atoms with Crippen molar-refractivity contribution in [3.05, 3.63) is 63.5 Å². The van der Waals surface area contributed by atoms with Crippen molar-refractivity contribution in [1.82, 2.24) is 10.3 Å². The van der Waals surface area contributed by atoms with Crippen molar-refractivity contribution < 1.29 is 9.15 Å². The molecular formula is C22H26N2O3. The fourth-order valence-corrected chi connectivity index (χ4v) is 4.14. The molecule has 2 aromatic rings. The lowest BCUT2D eigenvalue weighted by molar-refractivity contribution is 0.140. The average molecular weight is 366 g/mol. The lowest BCUT2D eigenvalue weighted by Crippen LogP contribution is -2.36. The zero-order chi connectivity index (χ0) is 18.8. The molecule has 2 aliphatic rings. The molecule has 0 amide bonds. The van der Waals surface area contributed by atoms with Crippen LogP contribution in [0.3, 0.4) is 0 Å². The molecule has 0 spiro atoms. The quantitative estimate of drug-likeness (QED) is 0.874. The molecule has 5 nitrogen and oxygen atoms in total. The lowest BCUT2D eigenvalue weighted by Gasteiger charge is -2.37. The summed E-state index contributed by atoms with van der Waals surface area (Å²) >= 11 is 0. The van der Waals surface area contributed by atoms with Gasteiger partial charge in [0.05, 0.1) is 0 Å². The number of ether oxygens (including phenoxy) is 1. The first-order valence-electron chi connectivity index (χ1n) is 9.71. The molecule has 4 rings (SSSR count). The minimum Gasteiger partial charge on any atom is -0.485 e. The van der Waals surface area contributed by atoms with Gasteiger partial charge in [-0.3, -0.25) is 4.98 Å². The molecule has 0 saturated heterocycles. The van der Waals surface area contributed by atoms with Gasteiger partial charge in [0, 0.05) is 25.0 Å². The monoisotopic (exact) mass is 366 g/mol. The van der Waals surface area contributed by atoms with Crippen molar-refractivity contribution in [3.8, 4) is 5.75 Å².